The maximum Gasteiger partial charge on any atom is 0.226 e. The first-order chi connectivity index (χ1) is 12.6. The Morgan fingerprint density at radius 3 is 2.35 bits per heavy atom. The van der Waals surface area contributed by atoms with Crippen molar-refractivity contribution in [2.45, 2.75) is 19.3 Å². The van der Waals surface area contributed by atoms with Gasteiger partial charge in [-0.25, -0.2) is 0 Å². The molecule has 0 unspecified atom stereocenters. The summed E-state index contributed by atoms with van der Waals surface area (Å²) in [6.07, 6.45) is 1.18. The molecule has 4 heteroatoms. The summed E-state index contributed by atoms with van der Waals surface area (Å²) < 4.78 is 0. The summed E-state index contributed by atoms with van der Waals surface area (Å²) in [4.78, 5) is 26.1. The molecule has 3 aromatic carbocycles. The lowest BCUT2D eigenvalue weighted by Gasteiger charge is -2.17. The summed E-state index contributed by atoms with van der Waals surface area (Å²) in [7, 11) is 1.76. The van der Waals surface area contributed by atoms with E-state index >= 15 is 0 Å². The van der Waals surface area contributed by atoms with Crippen LogP contribution in [0.3, 0.4) is 0 Å². The zero-order valence-corrected chi connectivity index (χ0v) is 14.8. The number of carbonyl (C=O) groups is 2. The van der Waals surface area contributed by atoms with Crippen molar-refractivity contribution in [1.29, 1.82) is 0 Å². The molecule has 1 N–H and O–H groups in total. The van der Waals surface area contributed by atoms with Crippen LogP contribution in [0.25, 0.3) is 10.8 Å². The predicted molar refractivity (Wildman–Crippen MR) is 106 cm³/mol. The second-order valence-electron chi connectivity index (χ2n) is 6.22. The lowest BCUT2D eigenvalue weighted by molar-refractivity contribution is -0.118. The highest BCUT2D eigenvalue weighted by atomic mass is 16.2. The summed E-state index contributed by atoms with van der Waals surface area (Å²) in [6, 6.07) is 23.3. The highest BCUT2D eigenvalue weighted by Gasteiger charge is 2.12. The van der Waals surface area contributed by atoms with E-state index in [1.165, 1.54) is 0 Å². The van der Waals surface area contributed by atoms with Crippen LogP contribution in [0.2, 0.25) is 0 Å². The van der Waals surface area contributed by atoms with Crippen LogP contribution in [0.4, 0.5) is 11.4 Å². The van der Waals surface area contributed by atoms with Crippen molar-refractivity contribution in [3.8, 4) is 0 Å². The number of rotatable bonds is 6. The van der Waals surface area contributed by atoms with Gasteiger partial charge in [0.05, 0.1) is 0 Å². The average Bonchev–Trinajstić information content (AvgIpc) is 2.68. The van der Waals surface area contributed by atoms with Crippen molar-refractivity contribution in [1.82, 2.24) is 0 Å². The Labute approximate surface area is 153 Å². The standard InChI is InChI=1S/C22H22N2O2/c1-24(18-11-3-2-4-12-18)22(26)16-8-15-21(25)23-20-14-7-10-17-9-5-6-13-19(17)20/h2-7,9-14H,8,15-16H2,1H3,(H,23,25). The summed E-state index contributed by atoms with van der Waals surface area (Å²) in [5.74, 6) is -0.0642. The smallest absolute Gasteiger partial charge is 0.226 e. The van der Waals surface area contributed by atoms with Crippen LogP contribution in [0.1, 0.15) is 19.3 Å². The molecule has 0 radical (unpaired) electrons. The van der Waals surface area contributed by atoms with Gasteiger partial charge in [-0.1, -0.05) is 54.6 Å². The van der Waals surface area contributed by atoms with Crippen LogP contribution in [0.15, 0.2) is 72.8 Å². The van der Waals surface area contributed by atoms with E-state index in [4.69, 9.17) is 0 Å². The monoisotopic (exact) mass is 346 g/mol. The maximum absolute atomic E-state index is 12.3. The number of amides is 2. The number of carbonyl (C=O) groups excluding carboxylic acids is 2. The van der Waals surface area contributed by atoms with Gasteiger partial charge in [-0.2, -0.15) is 0 Å². The highest BCUT2D eigenvalue weighted by Crippen LogP contribution is 2.23. The second-order valence-corrected chi connectivity index (χ2v) is 6.22. The first-order valence-corrected chi connectivity index (χ1v) is 8.74. The minimum absolute atomic E-state index is 0.00848. The van der Waals surface area contributed by atoms with Gasteiger partial charge >= 0.3 is 0 Å². The van der Waals surface area contributed by atoms with Crippen LogP contribution in [0.5, 0.6) is 0 Å². The maximum atomic E-state index is 12.3. The molecule has 2 amide bonds. The van der Waals surface area contributed by atoms with E-state index in [1.807, 2.05) is 72.8 Å². The molecule has 26 heavy (non-hydrogen) atoms. The predicted octanol–water partition coefficient (Wildman–Crippen LogP) is 4.61. The molecule has 0 fully saturated rings. The molecule has 0 aliphatic carbocycles. The fraction of sp³-hybridized carbons (Fsp3) is 0.182. The van der Waals surface area contributed by atoms with E-state index in [2.05, 4.69) is 5.32 Å². The fourth-order valence-corrected chi connectivity index (χ4v) is 2.91. The van der Waals surface area contributed by atoms with Crippen molar-refractivity contribution in [2.75, 3.05) is 17.3 Å². The third-order valence-electron chi connectivity index (χ3n) is 4.38. The molecule has 0 spiro atoms. The van der Waals surface area contributed by atoms with Crippen LogP contribution in [-0.2, 0) is 9.59 Å². The zero-order valence-electron chi connectivity index (χ0n) is 14.8. The molecule has 0 heterocycles. The molecule has 0 aliphatic heterocycles. The lowest BCUT2D eigenvalue weighted by Crippen LogP contribution is -2.26. The zero-order chi connectivity index (χ0) is 18.4. The third-order valence-corrected chi connectivity index (χ3v) is 4.38. The minimum Gasteiger partial charge on any atom is -0.326 e. The Morgan fingerprint density at radius 2 is 1.54 bits per heavy atom. The molecule has 0 saturated heterocycles. The van der Waals surface area contributed by atoms with Gasteiger partial charge in [-0.15, -0.1) is 0 Å². The molecule has 3 aromatic rings. The van der Waals surface area contributed by atoms with Gasteiger partial charge in [0.1, 0.15) is 0 Å². The molecule has 0 saturated carbocycles. The quantitative estimate of drug-likeness (QED) is 0.708. The Bertz CT molecular complexity index is 901. The Hall–Kier alpha value is -3.14. The Kier molecular flexibility index (Phi) is 5.64. The van der Waals surface area contributed by atoms with E-state index in [0.717, 1.165) is 22.1 Å². The van der Waals surface area contributed by atoms with Gasteiger partial charge in [0.15, 0.2) is 0 Å². The third kappa shape index (κ3) is 4.28. The van der Waals surface area contributed by atoms with Crippen LogP contribution < -0.4 is 10.2 Å². The molecular weight excluding hydrogens is 324 g/mol. The first-order valence-electron chi connectivity index (χ1n) is 8.74. The van der Waals surface area contributed by atoms with Crippen molar-refractivity contribution >= 4 is 34.0 Å². The van der Waals surface area contributed by atoms with Crippen molar-refractivity contribution < 1.29 is 9.59 Å². The van der Waals surface area contributed by atoms with E-state index in [0.29, 0.717) is 19.3 Å². The van der Waals surface area contributed by atoms with Gasteiger partial charge in [0, 0.05) is 36.7 Å². The van der Waals surface area contributed by atoms with Crippen LogP contribution in [-0.4, -0.2) is 18.9 Å². The molecule has 4 nitrogen and oxygen atoms in total. The normalized spacial score (nSPS) is 10.5. The number of nitrogens with one attached hydrogen (secondary N) is 1. The molecule has 0 bridgehead atoms. The van der Waals surface area contributed by atoms with Gasteiger partial charge in [-0.05, 0) is 30.0 Å². The van der Waals surface area contributed by atoms with Crippen molar-refractivity contribution in [2.24, 2.45) is 0 Å². The molecule has 0 aromatic heterocycles. The fourth-order valence-electron chi connectivity index (χ4n) is 2.91. The van der Waals surface area contributed by atoms with Gasteiger partial charge < -0.3 is 10.2 Å². The lowest BCUT2D eigenvalue weighted by atomic mass is 10.1. The number of nitrogens with zero attached hydrogens (tertiary/aromatic N) is 1. The van der Waals surface area contributed by atoms with Gasteiger partial charge in [-0.3, -0.25) is 9.59 Å². The number of anilines is 2. The van der Waals surface area contributed by atoms with Crippen LogP contribution in [0, 0.1) is 0 Å². The summed E-state index contributed by atoms with van der Waals surface area (Å²) in [5, 5.41) is 5.06. The molecule has 132 valence electrons. The highest BCUT2D eigenvalue weighted by molar-refractivity contribution is 6.02. The van der Waals surface area contributed by atoms with E-state index in [1.54, 1.807) is 11.9 Å². The van der Waals surface area contributed by atoms with Crippen molar-refractivity contribution in [3.63, 3.8) is 0 Å². The number of para-hydroxylation sites is 1. The topological polar surface area (TPSA) is 49.4 Å². The van der Waals surface area contributed by atoms with E-state index in [-0.39, 0.29) is 11.8 Å². The van der Waals surface area contributed by atoms with Gasteiger partial charge in [0.2, 0.25) is 11.8 Å². The molecule has 3 rings (SSSR count). The first kappa shape index (κ1) is 17.7. The van der Waals surface area contributed by atoms with Crippen molar-refractivity contribution in [3.05, 3.63) is 72.8 Å². The Morgan fingerprint density at radius 1 is 0.846 bits per heavy atom. The minimum atomic E-state index is -0.0727. The summed E-state index contributed by atoms with van der Waals surface area (Å²) in [6.45, 7) is 0. The van der Waals surface area contributed by atoms with Gasteiger partial charge in [0.25, 0.3) is 0 Å². The SMILES string of the molecule is CN(C(=O)CCCC(=O)Nc1cccc2ccccc12)c1ccccc1. The molecule has 0 atom stereocenters. The average molecular weight is 346 g/mol. The Balaban J connectivity index is 1.52. The molecule has 0 aliphatic rings. The number of hydrogen-bond acceptors (Lipinski definition) is 2. The van der Waals surface area contributed by atoms with Crippen LogP contribution >= 0.6 is 0 Å². The largest absolute Gasteiger partial charge is 0.326 e. The molecular formula is C22H22N2O2. The number of benzene rings is 3. The summed E-state index contributed by atoms with van der Waals surface area (Å²) in [5.41, 5.74) is 1.67. The second kappa shape index (κ2) is 8.30. The number of fused-ring (bicyclic) bond motifs is 1. The summed E-state index contributed by atoms with van der Waals surface area (Å²) >= 11 is 0. The van der Waals surface area contributed by atoms with E-state index < -0.39 is 0 Å². The van der Waals surface area contributed by atoms with E-state index in [9.17, 15) is 9.59 Å². The number of hydrogen-bond donors (Lipinski definition) is 1.